The lowest BCUT2D eigenvalue weighted by Crippen LogP contribution is -2.10. The van der Waals surface area contributed by atoms with Gasteiger partial charge in [0.05, 0.1) is 11.0 Å². The van der Waals surface area contributed by atoms with Gasteiger partial charge in [0.1, 0.15) is 0 Å². The third-order valence-corrected chi connectivity index (χ3v) is 9.27. The molecule has 0 aliphatic heterocycles. The summed E-state index contributed by atoms with van der Waals surface area (Å²) in [5, 5.41) is 3.71. The first kappa shape index (κ1) is 27.8. The van der Waals surface area contributed by atoms with E-state index in [-0.39, 0.29) is 0 Å². The number of hydrogen-bond acceptors (Lipinski definition) is 2. The first-order chi connectivity index (χ1) is 23.8. The minimum atomic E-state index is 1.05. The van der Waals surface area contributed by atoms with Crippen molar-refractivity contribution >= 4 is 44.3 Å². The van der Waals surface area contributed by atoms with Gasteiger partial charge in [-0.3, -0.25) is 4.98 Å². The molecule has 0 aliphatic carbocycles. The molecule has 0 radical (unpaired) electrons. The Morgan fingerprint density at radius 2 is 1.00 bits per heavy atom. The maximum atomic E-state index is 4.32. The SMILES string of the molecule is c1ccc(-c2ccc(N(c3ccncc3)c3cccc(-c4cn5c6ccccc6c(-c6ccccc6)c5c5ccccc45)c3)cc2)cc1. The van der Waals surface area contributed by atoms with Crippen molar-refractivity contribution < 1.29 is 0 Å². The predicted octanol–water partition coefficient (Wildman–Crippen LogP) is 12.1. The molecule has 0 atom stereocenters. The highest BCUT2D eigenvalue weighted by Gasteiger charge is 2.19. The van der Waals surface area contributed by atoms with Crippen LogP contribution in [0.25, 0.3) is 60.6 Å². The zero-order valence-electron chi connectivity index (χ0n) is 26.2. The van der Waals surface area contributed by atoms with E-state index in [9.17, 15) is 0 Å². The minimum Gasteiger partial charge on any atom is -0.315 e. The fourth-order valence-electron chi connectivity index (χ4n) is 7.10. The van der Waals surface area contributed by atoms with E-state index in [0.29, 0.717) is 0 Å². The molecule has 0 spiro atoms. The third-order valence-electron chi connectivity index (χ3n) is 9.27. The molecule has 226 valence electrons. The summed E-state index contributed by atoms with van der Waals surface area (Å²) in [5.41, 5.74) is 12.9. The molecule has 0 aliphatic rings. The summed E-state index contributed by atoms with van der Waals surface area (Å²) in [6.45, 7) is 0. The van der Waals surface area contributed by atoms with Crippen LogP contribution in [0.15, 0.2) is 188 Å². The summed E-state index contributed by atoms with van der Waals surface area (Å²) in [6.07, 6.45) is 6.04. The summed E-state index contributed by atoms with van der Waals surface area (Å²) < 4.78 is 2.39. The predicted molar refractivity (Wildman–Crippen MR) is 201 cm³/mol. The Hall–Kier alpha value is -6.45. The molecule has 0 fully saturated rings. The van der Waals surface area contributed by atoms with E-state index in [1.165, 1.54) is 55.0 Å². The number of rotatable bonds is 6. The van der Waals surface area contributed by atoms with Crippen molar-refractivity contribution in [2.45, 2.75) is 0 Å². The fourth-order valence-corrected chi connectivity index (χ4v) is 7.10. The van der Waals surface area contributed by atoms with Gasteiger partial charge < -0.3 is 9.30 Å². The molecule has 3 aromatic heterocycles. The van der Waals surface area contributed by atoms with Crippen molar-refractivity contribution in [1.82, 2.24) is 9.38 Å². The summed E-state index contributed by atoms with van der Waals surface area (Å²) in [5.74, 6) is 0. The first-order valence-corrected chi connectivity index (χ1v) is 16.3. The standard InChI is InChI=1S/C45H31N3/c1-3-12-32(13-4-1)33-22-24-36(25-23-33)48(37-26-28-46-29-27-37)38-17-11-16-35(30-38)42-31-47-43-21-10-9-20-41(43)44(34-14-5-2-6-15-34)45(47)40-19-8-7-18-39(40)42/h1-31H. The van der Waals surface area contributed by atoms with Crippen LogP contribution in [0.1, 0.15) is 0 Å². The molecule has 0 saturated heterocycles. The normalized spacial score (nSPS) is 11.3. The number of benzene rings is 6. The van der Waals surface area contributed by atoms with Crippen molar-refractivity contribution in [3.63, 3.8) is 0 Å². The van der Waals surface area contributed by atoms with Crippen molar-refractivity contribution in [3.8, 4) is 33.4 Å². The lowest BCUT2D eigenvalue weighted by molar-refractivity contribution is 1.24. The number of nitrogens with zero attached hydrogens (tertiary/aromatic N) is 3. The molecule has 6 aromatic carbocycles. The molecule has 0 unspecified atom stereocenters. The van der Waals surface area contributed by atoms with Gasteiger partial charge in [-0.2, -0.15) is 0 Å². The highest BCUT2D eigenvalue weighted by Crippen LogP contribution is 2.43. The molecule has 3 heteroatoms. The number of fused-ring (bicyclic) bond motifs is 5. The fraction of sp³-hybridized carbons (Fsp3) is 0. The Morgan fingerprint density at radius 1 is 0.417 bits per heavy atom. The number of aromatic nitrogens is 2. The number of pyridine rings is 2. The monoisotopic (exact) mass is 613 g/mol. The molecular weight excluding hydrogens is 583 g/mol. The van der Waals surface area contributed by atoms with Gasteiger partial charge in [0.25, 0.3) is 0 Å². The maximum Gasteiger partial charge on any atom is 0.0619 e. The van der Waals surface area contributed by atoms with Crippen LogP contribution < -0.4 is 4.90 Å². The quantitative estimate of drug-likeness (QED) is 0.186. The molecule has 3 heterocycles. The number of anilines is 3. The van der Waals surface area contributed by atoms with Crippen LogP contribution in [0.3, 0.4) is 0 Å². The van der Waals surface area contributed by atoms with Crippen LogP contribution in [0, 0.1) is 0 Å². The summed E-state index contributed by atoms with van der Waals surface area (Å²) in [6, 6.07) is 60.7. The van der Waals surface area contributed by atoms with Crippen LogP contribution in [0.2, 0.25) is 0 Å². The van der Waals surface area contributed by atoms with Crippen LogP contribution >= 0.6 is 0 Å². The van der Waals surface area contributed by atoms with E-state index in [4.69, 9.17) is 0 Å². The molecule has 9 aromatic rings. The summed E-state index contributed by atoms with van der Waals surface area (Å²) in [7, 11) is 0. The Kier molecular flexibility index (Phi) is 6.80. The number of hydrogen-bond donors (Lipinski definition) is 0. The van der Waals surface area contributed by atoms with E-state index < -0.39 is 0 Å². The zero-order chi connectivity index (χ0) is 31.9. The van der Waals surface area contributed by atoms with Crippen LogP contribution in [-0.2, 0) is 0 Å². The largest absolute Gasteiger partial charge is 0.315 e. The average molecular weight is 614 g/mol. The highest BCUT2D eigenvalue weighted by atomic mass is 15.1. The molecule has 3 nitrogen and oxygen atoms in total. The minimum absolute atomic E-state index is 1.05. The molecule has 48 heavy (non-hydrogen) atoms. The van der Waals surface area contributed by atoms with Crippen molar-refractivity contribution in [1.29, 1.82) is 0 Å². The van der Waals surface area contributed by atoms with Crippen LogP contribution in [0.5, 0.6) is 0 Å². The molecular formula is C45H31N3. The molecule has 9 rings (SSSR count). The highest BCUT2D eigenvalue weighted by molar-refractivity contribution is 6.17. The smallest absolute Gasteiger partial charge is 0.0619 e. The third kappa shape index (κ3) is 4.72. The van der Waals surface area contributed by atoms with E-state index in [0.717, 1.165) is 22.6 Å². The molecule has 0 amide bonds. The van der Waals surface area contributed by atoms with E-state index in [2.05, 4.69) is 190 Å². The van der Waals surface area contributed by atoms with Gasteiger partial charge in [-0.25, -0.2) is 0 Å². The van der Waals surface area contributed by atoms with Crippen molar-refractivity contribution in [2.24, 2.45) is 0 Å². The van der Waals surface area contributed by atoms with Gasteiger partial charge in [0, 0.05) is 57.6 Å². The van der Waals surface area contributed by atoms with Crippen molar-refractivity contribution in [2.75, 3.05) is 4.90 Å². The van der Waals surface area contributed by atoms with Gasteiger partial charge in [0.2, 0.25) is 0 Å². The maximum absolute atomic E-state index is 4.32. The second-order valence-corrected chi connectivity index (χ2v) is 12.1. The Bertz CT molecular complexity index is 2540. The first-order valence-electron chi connectivity index (χ1n) is 16.3. The zero-order valence-corrected chi connectivity index (χ0v) is 26.2. The molecule has 0 N–H and O–H groups in total. The van der Waals surface area contributed by atoms with Gasteiger partial charge in [-0.15, -0.1) is 0 Å². The van der Waals surface area contributed by atoms with Crippen LogP contribution in [-0.4, -0.2) is 9.38 Å². The lowest BCUT2D eigenvalue weighted by atomic mass is 9.96. The van der Waals surface area contributed by atoms with Gasteiger partial charge in [-0.05, 0) is 70.1 Å². The van der Waals surface area contributed by atoms with Gasteiger partial charge in [-0.1, -0.05) is 127 Å². The average Bonchev–Trinajstić information content (AvgIpc) is 3.51. The Labute approximate surface area is 279 Å². The van der Waals surface area contributed by atoms with E-state index in [1.807, 2.05) is 12.4 Å². The summed E-state index contributed by atoms with van der Waals surface area (Å²) in [4.78, 5) is 6.62. The second kappa shape index (κ2) is 11.7. The van der Waals surface area contributed by atoms with E-state index >= 15 is 0 Å². The van der Waals surface area contributed by atoms with E-state index in [1.54, 1.807) is 0 Å². The van der Waals surface area contributed by atoms with Crippen LogP contribution in [0.4, 0.5) is 17.1 Å². The number of para-hydroxylation sites is 1. The molecule has 0 saturated carbocycles. The molecule has 0 bridgehead atoms. The topological polar surface area (TPSA) is 20.5 Å². The summed E-state index contributed by atoms with van der Waals surface area (Å²) >= 11 is 0. The second-order valence-electron chi connectivity index (χ2n) is 12.1. The lowest BCUT2D eigenvalue weighted by Gasteiger charge is -2.26. The van der Waals surface area contributed by atoms with Crippen molar-refractivity contribution in [3.05, 3.63) is 188 Å². The van der Waals surface area contributed by atoms with Gasteiger partial charge >= 0.3 is 0 Å². The van der Waals surface area contributed by atoms with Gasteiger partial charge in [0.15, 0.2) is 0 Å². The Morgan fingerprint density at radius 3 is 1.75 bits per heavy atom. The Balaban J connectivity index is 1.24.